The number of likely N-dealkylation sites (tertiary alicyclic amines) is 1. The maximum Gasteiger partial charge on any atom is 0.317 e. The third-order valence-electron chi connectivity index (χ3n) is 6.44. The second-order valence-corrected chi connectivity index (χ2v) is 9.71. The van der Waals surface area contributed by atoms with Crippen molar-refractivity contribution >= 4 is 23.4 Å². The minimum atomic E-state index is -0.314. The molecule has 2 N–H and O–H groups in total. The number of carbonyl (C=O) groups excluding carboxylic acids is 3. The molecule has 188 valence electrons. The topological polar surface area (TPSA) is 91.7 Å². The van der Waals surface area contributed by atoms with Gasteiger partial charge >= 0.3 is 6.03 Å². The Balaban J connectivity index is 1.21. The Kier molecular flexibility index (Phi) is 8.21. The van der Waals surface area contributed by atoms with Gasteiger partial charge in [-0.15, -0.1) is 0 Å². The predicted molar refractivity (Wildman–Crippen MR) is 139 cm³/mol. The summed E-state index contributed by atoms with van der Waals surface area (Å²) in [5.74, 6) is 0.642. The average Bonchev–Trinajstić information content (AvgIpc) is 3.43. The monoisotopic (exact) mass is 487 g/mol. The van der Waals surface area contributed by atoms with E-state index in [2.05, 4.69) is 36.6 Å². The number of benzene rings is 2. The van der Waals surface area contributed by atoms with Crippen LogP contribution in [0, 0.1) is 11.8 Å². The summed E-state index contributed by atoms with van der Waals surface area (Å²) in [4.78, 5) is 39.4. The molecule has 1 aliphatic heterocycles. The zero-order valence-corrected chi connectivity index (χ0v) is 20.8. The second kappa shape index (κ2) is 11.7. The fourth-order valence-electron chi connectivity index (χ4n) is 4.45. The molecule has 3 aromatic rings. The fraction of sp³-hybridized carbons (Fsp3) is 0.345. The molecule has 0 radical (unpaired) electrons. The Hall–Kier alpha value is -3.87. The lowest BCUT2D eigenvalue weighted by Crippen LogP contribution is -2.45. The number of nitrogens with zero attached hydrogens (tertiary/aromatic N) is 1. The normalized spacial score (nSPS) is 14.0. The number of furan rings is 1. The summed E-state index contributed by atoms with van der Waals surface area (Å²) < 4.78 is 5.09. The lowest BCUT2D eigenvalue weighted by Gasteiger charge is -2.31. The lowest BCUT2D eigenvalue weighted by molar-refractivity contribution is 0.0854. The highest BCUT2D eigenvalue weighted by Gasteiger charge is 2.28. The summed E-state index contributed by atoms with van der Waals surface area (Å²) in [5.41, 5.74) is 3.58. The van der Waals surface area contributed by atoms with Crippen molar-refractivity contribution in [2.45, 2.75) is 39.7 Å². The molecule has 1 fully saturated rings. The first-order valence-corrected chi connectivity index (χ1v) is 12.5. The van der Waals surface area contributed by atoms with Crippen LogP contribution in [0.1, 0.15) is 58.7 Å². The first kappa shape index (κ1) is 25.2. The van der Waals surface area contributed by atoms with Crippen molar-refractivity contribution in [3.63, 3.8) is 0 Å². The van der Waals surface area contributed by atoms with E-state index in [9.17, 15) is 14.4 Å². The molecular formula is C29H33N3O4. The van der Waals surface area contributed by atoms with Crippen molar-refractivity contribution in [2.75, 3.05) is 18.4 Å². The number of hydrogen-bond donors (Lipinski definition) is 2. The van der Waals surface area contributed by atoms with Gasteiger partial charge in [0.05, 0.1) is 6.26 Å². The fourth-order valence-corrected chi connectivity index (χ4v) is 4.45. The first-order valence-electron chi connectivity index (χ1n) is 12.5. The molecule has 36 heavy (non-hydrogen) atoms. The maximum absolute atomic E-state index is 12.9. The minimum Gasteiger partial charge on any atom is -0.459 e. The van der Waals surface area contributed by atoms with Crippen LogP contribution in [0.2, 0.25) is 0 Å². The molecule has 0 spiro atoms. The molecule has 3 amide bonds. The van der Waals surface area contributed by atoms with Gasteiger partial charge in [0.2, 0.25) is 0 Å². The summed E-state index contributed by atoms with van der Waals surface area (Å²) in [6, 6.07) is 18.4. The number of hydrogen-bond acceptors (Lipinski definition) is 4. The van der Waals surface area contributed by atoms with Crippen LogP contribution in [-0.2, 0) is 13.0 Å². The van der Waals surface area contributed by atoms with Crippen molar-refractivity contribution in [3.05, 3.63) is 89.4 Å². The number of Topliss-reactive ketones (excluding diaryl/α,β-unsaturated/α-hetero) is 1. The average molecular weight is 488 g/mol. The van der Waals surface area contributed by atoms with Gasteiger partial charge in [-0.2, -0.15) is 0 Å². The van der Waals surface area contributed by atoms with Gasteiger partial charge in [-0.1, -0.05) is 50.2 Å². The number of urea groups is 1. The Bertz CT molecular complexity index is 1160. The van der Waals surface area contributed by atoms with Gasteiger partial charge in [-0.05, 0) is 60.6 Å². The molecule has 2 aromatic carbocycles. The number of rotatable bonds is 8. The quantitative estimate of drug-likeness (QED) is 0.409. The van der Waals surface area contributed by atoms with E-state index >= 15 is 0 Å². The summed E-state index contributed by atoms with van der Waals surface area (Å²) in [6.45, 7) is 5.87. The smallest absolute Gasteiger partial charge is 0.317 e. The van der Waals surface area contributed by atoms with Crippen LogP contribution >= 0.6 is 0 Å². The van der Waals surface area contributed by atoms with Crippen LogP contribution < -0.4 is 10.6 Å². The Morgan fingerprint density at radius 2 is 1.61 bits per heavy atom. The van der Waals surface area contributed by atoms with Gasteiger partial charge in [0.25, 0.3) is 5.91 Å². The molecule has 4 rings (SSSR count). The van der Waals surface area contributed by atoms with Gasteiger partial charge < -0.3 is 20.0 Å². The van der Waals surface area contributed by atoms with Crippen molar-refractivity contribution in [1.29, 1.82) is 0 Å². The molecule has 7 nitrogen and oxygen atoms in total. The predicted octanol–water partition coefficient (Wildman–Crippen LogP) is 5.53. The number of ketones is 1. The molecule has 0 unspecified atom stereocenters. The number of nitrogens with one attached hydrogen (secondary N) is 2. The summed E-state index contributed by atoms with van der Waals surface area (Å²) in [5, 5.41) is 5.72. The molecule has 0 saturated carbocycles. The van der Waals surface area contributed by atoms with E-state index in [0.717, 1.165) is 17.5 Å². The largest absolute Gasteiger partial charge is 0.459 e. The van der Waals surface area contributed by atoms with E-state index in [1.807, 2.05) is 24.3 Å². The van der Waals surface area contributed by atoms with Gasteiger partial charge in [0.1, 0.15) is 0 Å². The molecule has 7 heteroatoms. The highest BCUT2D eigenvalue weighted by molar-refractivity contribution is 6.02. The van der Waals surface area contributed by atoms with E-state index in [1.165, 1.54) is 11.8 Å². The zero-order valence-electron chi connectivity index (χ0n) is 20.8. The van der Waals surface area contributed by atoms with Gasteiger partial charge in [-0.25, -0.2) is 4.79 Å². The van der Waals surface area contributed by atoms with Crippen LogP contribution in [0.25, 0.3) is 0 Å². The van der Waals surface area contributed by atoms with Crippen molar-refractivity contribution in [3.8, 4) is 0 Å². The summed E-state index contributed by atoms with van der Waals surface area (Å²) in [7, 11) is 0. The Morgan fingerprint density at radius 1 is 0.944 bits per heavy atom. The molecule has 0 atom stereocenters. The Labute approximate surface area is 211 Å². The lowest BCUT2D eigenvalue weighted by atomic mass is 9.88. The van der Waals surface area contributed by atoms with Crippen LogP contribution in [-0.4, -0.2) is 35.7 Å². The third-order valence-corrected chi connectivity index (χ3v) is 6.44. The molecule has 1 aromatic heterocycles. The molecule has 1 saturated heterocycles. The summed E-state index contributed by atoms with van der Waals surface area (Å²) in [6.07, 6.45) is 3.80. The molecule has 2 heterocycles. The van der Waals surface area contributed by atoms with Gasteiger partial charge in [-0.3, -0.25) is 9.59 Å². The number of anilines is 1. The van der Waals surface area contributed by atoms with E-state index in [0.29, 0.717) is 44.1 Å². The van der Waals surface area contributed by atoms with Gasteiger partial charge in [0.15, 0.2) is 11.5 Å². The van der Waals surface area contributed by atoms with Crippen LogP contribution in [0.15, 0.2) is 71.3 Å². The van der Waals surface area contributed by atoms with Crippen molar-refractivity contribution in [2.24, 2.45) is 11.8 Å². The molecule has 0 aliphatic carbocycles. The van der Waals surface area contributed by atoms with Crippen LogP contribution in [0.3, 0.4) is 0 Å². The van der Waals surface area contributed by atoms with Crippen molar-refractivity contribution in [1.82, 2.24) is 10.2 Å². The number of piperidine rings is 1. The van der Waals surface area contributed by atoms with Crippen molar-refractivity contribution < 1.29 is 18.8 Å². The van der Waals surface area contributed by atoms with Gasteiger partial charge in [0, 0.05) is 36.8 Å². The highest BCUT2D eigenvalue weighted by atomic mass is 16.3. The SMILES string of the molecule is CC(C)Cc1ccc(C(=O)C2CCN(C(=O)NCc3ccc(NC(=O)c4ccco4)cc3)CC2)cc1. The highest BCUT2D eigenvalue weighted by Crippen LogP contribution is 2.23. The van der Waals surface area contributed by atoms with Crippen LogP contribution in [0.4, 0.5) is 10.5 Å². The number of carbonyl (C=O) groups is 3. The number of amides is 3. The molecule has 0 bridgehead atoms. The maximum atomic E-state index is 12.9. The first-order chi connectivity index (χ1) is 17.4. The van der Waals surface area contributed by atoms with E-state index in [4.69, 9.17) is 4.42 Å². The van der Waals surface area contributed by atoms with E-state index < -0.39 is 0 Å². The molecular weight excluding hydrogens is 454 g/mol. The standard InChI is InChI=1S/C29H33N3O4/c1-20(2)18-21-5-9-23(10-6-21)27(33)24-13-15-32(16-14-24)29(35)30-19-22-7-11-25(12-8-22)31-28(34)26-4-3-17-36-26/h3-12,17,20,24H,13-16,18-19H2,1-2H3,(H,30,35)(H,31,34). The van der Waals surface area contributed by atoms with E-state index in [-0.39, 0.29) is 29.4 Å². The van der Waals surface area contributed by atoms with Crippen LogP contribution in [0.5, 0.6) is 0 Å². The zero-order chi connectivity index (χ0) is 25.5. The second-order valence-electron chi connectivity index (χ2n) is 9.71. The molecule has 1 aliphatic rings. The summed E-state index contributed by atoms with van der Waals surface area (Å²) >= 11 is 0. The third kappa shape index (κ3) is 6.62. The Morgan fingerprint density at radius 3 is 2.22 bits per heavy atom. The van der Waals surface area contributed by atoms with E-state index in [1.54, 1.807) is 29.2 Å². The minimum absolute atomic E-state index is 0.0473.